The Morgan fingerprint density at radius 1 is 1.15 bits per heavy atom. The van der Waals surface area contributed by atoms with Crippen LogP contribution in [0.1, 0.15) is 29.4 Å². The predicted molar refractivity (Wildman–Crippen MR) is 87.2 cm³/mol. The SMILES string of the molecule is CCNCCc1ccc(Cn2nc(C)c(Br)c2C)cc1. The zero-order valence-electron chi connectivity index (χ0n) is 12.4. The number of aryl methyl sites for hydroxylation is 1. The van der Waals surface area contributed by atoms with E-state index in [4.69, 9.17) is 0 Å². The van der Waals surface area contributed by atoms with Crippen molar-refractivity contribution in [2.75, 3.05) is 13.1 Å². The van der Waals surface area contributed by atoms with Crippen molar-refractivity contribution in [1.29, 1.82) is 0 Å². The van der Waals surface area contributed by atoms with Gasteiger partial charge in [-0.05, 0) is 60.4 Å². The minimum absolute atomic E-state index is 0.825. The van der Waals surface area contributed by atoms with Crippen molar-refractivity contribution in [2.24, 2.45) is 0 Å². The summed E-state index contributed by atoms with van der Waals surface area (Å²) in [6.45, 7) is 9.15. The van der Waals surface area contributed by atoms with Gasteiger partial charge in [-0.1, -0.05) is 31.2 Å². The van der Waals surface area contributed by atoms with Gasteiger partial charge < -0.3 is 5.32 Å². The molecule has 0 atom stereocenters. The summed E-state index contributed by atoms with van der Waals surface area (Å²) in [5, 5.41) is 7.90. The molecule has 0 aliphatic heterocycles. The molecule has 2 aromatic rings. The van der Waals surface area contributed by atoms with E-state index in [9.17, 15) is 0 Å². The van der Waals surface area contributed by atoms with Gasteiger partial charge in [0.15, 0.2) is 0 Å². The van der Waals surface area contributed by atoms with E-state index in [2.05, 4.69) is 64.5 Å². The van der Waals surface area contributed by atoms with Gasteiger partial charge in [-0.25, -0.2) is 0 Å². The summed E-state index contributed by atoms with van der Waals surface area (Å²) in [7, 11) is 0. The molecule has 0 saturated carbocycles. The lowest BCUT2D eigenvalue weighted by Gasteiger charge is -2.07. The highest BCUT2D eigenvalue weighted by molar-refractivity contribution is 9.10. The second-order valence-electron chi connectivity index (χ2n) is 5.06. The molecule has 0 saturated heterocycles. The van der Waals surface area contributed by atoms with Crippen molar-refractivity contribution in [3.8, 4) is 0 Å². The van der Waals surface area contributed by atoms with Gasteiger partial charge in [-0.15, -0.1) is 0 Å². The molecular weight excluding hydrogens is 314 g/mol. The fraction of sp³-hybridized carbons (Fsp3) is 0.438. The van der Waals surface area contributed by atoms with Crippen LogP contribution in [0.2, 0.25) is 0 Å². The molecule has 2 rings (SSSR count). The Labute approximate surface area is 129 Å². The average molecular weight is 336 g/mol. The molecule has 0 spiro atoms. The Morgan fingerprint density at radius 3 is 2.35 bits per heavy atom. The first-order valence-corrected chi connectivity index (χ1v) is 7.89. The van der Waals surface area contributed by atoms with Crippen LogP contribution >= 0.6 is 15.9 Å². The molecule has 20 heavy (non-hydrogen) atoms. The molecule has 0 bridgehead atoms. The van der Waals surface area contributed by atoms with Gasteiger partial charge in [0.25, 0.3) is 0 Å². The molecule has 3 nitrogen and oxygen atoms in total. The standard InChI is InChI=1S/C16H22BrN3/c1-4-18-10-9-14-5-7-15(8-6-14)11-20-13(3)16(17)12(2)19-20/h5-8,18H,4,9-11H2,1-3H3. The monoisotopic (exact) mass is 335 g/mol. The van der Waals surface area contributed by atoms with E-state index in [-0.39, 0.29) is 0 Å². The minimum Gasteiger partial charge on any atom is -0.317 e. The van der Waals surface area contributed by atoms with Gasteiger partial charge in [-0.2, -0.15) is 5.10 Å². The van der Waals surface area contributed by atoms with Crippen LogP contribution in [0, 0.1) is 13.8 Å². The third kappa shape index (κ3) is 3.70. The molecule has 108 valence electrons. The summed E-state index contributed by atoms with van der Waals surface area (Å²) in [6.07, 6.45) is 1.08. The van der Waals surface area contributed by atoms with Crippen molar-refractivity contribution in [3.63, 3.8) is 0 Å². The average Bonchev–Trinajstić information content (AvgIpc) is 2.69. The van der Waals surface area contributed by atoms with E-state index in [1.54, 1.807) is 0 Å². The minimum atomic E-state index is 0.825. The van der Waals surface area contributed by atoms with Gasteiger partial charge in [0.05, 0.1) is 22.4 Å². The molecule has 4 heteroatoms. The van der Waals surface area contributed by atoms with Crippen molar-refractivity contribution in [1.82, 2.24) is 15.1 Å². The van der Waals surface area contributed by atoms with E-state index in [0.717, 1.165) is 36.2 Å². The molecule has 1 aromatic heterocycles. The van der Waals surface area contributed by atoms with Gasteiger partial charge in [0, 0.05) is 0 Å². The maximum atomic E-state index is 4.55. The topological polar surface area (TPSA) is 29.9 Å². The van der Waals surface area contributed by atoms with Crippen molar-refractivity contribution in [3.05, 3.63) is 51.3 Å². The summed E-state index contributed by atoms with van der Waals surface area (Å²) >= 11 is 3.57. The predicted octanol–water partition coefficient (Wildman–Crippen LogP) is 3.46. The number of aromatic nitrogens is 2. The first-order valence-electron chi connectivity index (χ1n) is 7.10. The Hall–Kier alpha value is -1.13. The van der Waals surface area contributed by atoms with E-state index in [1.165, 1.54) is 16.8 Å². The van der Waals surface area contributed by atoms with E-state index in [1.807, 2.05) is 11.6 Å². The van der Waals surface area contributed by atoms with Crippen LogP contribution in [0.4, 0.5) is 0 Å². The maximum Gasteiger partial charge on any atom is 0.0738 e. The van der Waals surface area contributed by atoms with Crippen LogP contribution in [0.25, 0.3) is 0 Å². The summed E-state index contributed by atoms with van der Waals surface area (Å²) in [5.74, 6) is 0. The molecule has 0 radical (unpaired) electrons. The third-order valence-electron chi connectivity index (χ3n) is 3.49. The second kappa shape index (κ2) is 7.04. The fourth-order valence-electron chi connectivity index (χ4n) is 2.22. The molecular formula is C16H22BrN3. The van der Waals surface area contributed by atoms with Gasteiger partial charge in [0.1, 0.15) is 0 Å². The first-order chi connectivity index (χ1) is 9.61. The van der Waals surface area contributed by atoms with Gasteiger partial charge in [-0.3, -0.25) is 4.68 Å². The Bertz CT molecular complexity index is 558. The van der Waals surface area contributed by atoms with Gasteiger partial charge in [0.2, 0.25) is 0 Å². The largest absolute Gasteiger partial charge is 0.317 e. The number of nitrogens with one attached hydrogen (secondary N) is 1. The number of rotatable bonds is 6. The summed E-state index contributed by atoms with van der Waals surface area (Å²) < 4.78 is 3.16. The third-order valence-corrected chi connectivity index (χ3v) is 4.64. The summed E-state index contributed by atoms with van der Waals surface area (Å²) in [6, 6.07) is 8.83. The van der Waals surface area contributed by atoms with Crippen LogP contribution < -0.4 is 5.32 Å². The number of likely N-dealkylation sites (N-methyl/N-ethyl adjacent to an activating group) is 1. The number of hydrogen-bond acceptors (Lipinski definition) is 2. The van der Waals surface area contributed by atoms with Crippen LogP contribution in [-0.2, 0) is 13.0 Å². The molecule has 1 aromatic carbocycles. The van der Waals surface area contributed by atoms with E-state index >= 15 is 0 Å². The molecule has 0 aliphatic carbocycles. The maximum absolute atomic E-state index is 4.55. The van der Waals surface area contributed by atoms with Crippen LogP contribution in [0.5, 0.6) is 0 Å². The molecule has 0 fully saturated rings. The number of halogens is 1. The lowest BCUT2D eigenvalue weighted by atomic mass is 10.1. The van der Waals surface area contributed by atoms with E-state index in [0.29, 0.717) is 0 Å². The lowest BCUT2D eigenvalue weighted by Crippen LogP contribution is -2.16. The lowest BCUT2D eigenvalue weighted by molar-refractivity contribution is 0.658. The number of nitrogens with zero attached hydrogens (tertiary/aromatic N) is 2. The smallest absolute Gasteiger partial charge is 0.0738 e. The number of benzene rings is 1. The molecule has 0 aliphatic rings. The van der Waals surface area contributed by atoms with E-state index < -0.39 is 0 Å². The Kier molecular flexibility index (Phi) is 5.38. The van der Waals surface area contributed by atoms with Crippen molar-refractivity contribution >= 4 is 15.9 Å². The van der Waals surface area contributed by atoms with Crippen molar-refractivity contribution < 1.29 is 0 Å². The Balaban J connectivity index is 2.01. The quantitative estimate of drug-likeness (QED) is 0.819. The van der Waals surface area contributed by atoms with Crippen LogP contribution in [0.15, 0.2) is 28.7 Å². The molecule has 0 unspecified atom stereocenters. The van der Waals surface area contributed by atoms with Gasteiger partial charge >= 0.3 is 0 Å². The summed E-state index contributed by atoms with van der Waals surface area (Å²) in [4.78, 5) is 0. The Morgan fingerprint density at radius 2 is 1.80 bits per heavy atom. The van der Waals surface area contributed by atoms with Crippen molar-refractivity contribution in [2.45, 2.75) is 33.7 Å². The molecule has 0 amide bonds. The summed E-state index contributed by atoms with van der Waals surface area (Å²) in [5.41, 5.74) is 4.89. The highest BCUT2D eigenvalue weighted by atomic mass is 79.9. The van der Waals surface area contributed by atoms with Crippen LogP contribution in [0.3, 0.4) is 0 Å². The molecule has 1 N–H and O–H groups in total. The van der Waals surface area contributed by atoms with Crippen LogP contribution in [-0.4, -0.2) is 22.9 Å². The first kappa shape index (κ1) is 15.3. The normalized spacial score (nSPS) is 11.0. The molecule has 1 heterocycles. The highest BCUT2D eigenvalue weighted by Crippen LogP contribution is 2.20. The zero-order valence-corrected chi connectivity index (χ0v) is 14.0. The zero-order chi connectivity index (χ0) is 14.5. The number of hydrogen-bond donors (Lipinski definition) is 1. The second-order valence-corrected chi connectivity index (χ2v) is 5.86. The highest BCUT2D eigenvalue weighted by Gasteiger charge is 2.08. The fourth-order valence-corrected chi connectivity index (χ4v) is 2.51.